The Kier molecular flexibility index (Phi) is 12.8. The van der Waals surface area contributed by atoms with Crippen LogP contribution in [-0.4, -0.2) is 42.1 Å². The van der Waals surface area contributed by atoms with E-state index in [0.29, 0.717) is 0 Å². The predicted molar refractivity (Wildman–Crippen MR) is 414 cm³/mol. The summed E-state index contributed by atoms with van der Waals surface area (Å²) in [6.45, 7) is 20.6. The molecule has 8 heteroatoms. The van der Waals surface area contributed by atoms with Crippen LogP contribution in [-0.2, 0) is 21.7 Å². The first-order chi connectivity index (χ1) is 48.5. The second kappa shape index (κ2) is 21.1. The van der Waals surface area contributed by atoms with E-state index in [1.165, 1.54) is 196 Å². The van der Waals surface area contributed by atoms with Crippen molar-refractivity contribution in [2.75, 3.05) is 19.6 Å². The van der Waals surface area contributed by atoms with Crippen molar-refractivity contribution >= 4 is 77.8 Å². The Bertz CT molecular complexity index is 4690. The highest BCUT2D eigenvalue weighted by atomic mass is 15.3. The summed E-state index contributed by atoms with van der Waals surface area (Å²) in [5.74, 6) is 0. The van der Waals surface area contributed by atoms with Crippen molar-refractivity contribution in [3.63, 3.8) is 0 Å². The molecule has 20 rings (SSSR count). The first-order valence-electron chi connectivity index (χ1n) is 37.7. The van der Waals surface area contributed by atoms with Gasteiger partial charge in [-0.05, 0) is 287 Å². The monoisotopic (exact) mass is 1310 g/mol. The van der Waals surface area contributed by atoms with Crippen molar-refractivity contribution in [3.05, 3.63) is 230 Å². The summed E-state index contributed by atoms with van der Waals surface area (Å²) < 4.78 is 0. The average Bonchev–Trinajstić information content (AvgIpc) is 1.53. The van der Waals surface area contributed by atoms with Crippen LogP contribution in [0.4, 0.5) is 45.5 Å². The van der Waals surface area contributed by atoms with Crippen LogP contribution >= 0.6 is 0 Å². The van der Waals surface area contributed by atoms with E-state index in [9.17, 15) is 0 Å². The molecule has 4 fully saturated rings. The second-order valence-electron chi connectivity index (χ2n) is 33.4. The van der Waals surface area contributed by atoms with Gasteiger partial charge in [0.2, 0.25) is 0 Å². The molecule has 4 aromatic heterocycles. The molecular formula is C92H90N8. The summed E-state index contributed by atoms with van der Waals surface area (Å²) in [6.07, 6.45) is 34.7. The number of pyridine rings is 4. The van der Waals surface area contributed by atoms with Gasteiger partial charge in [0.15, 0.2) is 0 Å². The van der Waals surface area contributed by atoms with Crippen LogP contribution in [0.15, 0.2) is 207 Å². The molecule has 0 saturated heterocycles. The Morgan fingerprint density at radius 3 is 0.670 bits per heavy atom. The van der Waals surface area contributed by atoms with Gasteiger partial charge in [0.1, 0.15) is 0 Å². The zero-order valence-electron chi connectivity index (χ0n) is 59.5. The van der Waals surface area contributed by atoms with Gasteiger partial charge in [-0.25, -0.2) is 0 Å². The third-order valence-electron chi connectivity index (χ3n) is 29.2. The molecule has 8 atom stereocenters. The first kappa shape index (κ1) is 60.6. The molecule has 8 unspecified atom stereocenters. The molecule has 0 amide bonds. The fourth-order valence-corrected chi connectivity index (χ4v) is 23.1. The highest BCUT2D eigenvalue weighted by Gasteiger charge is 2.62. The average molecular weight is 1310 g/mol. The summed E-state index contributed by atoms with van der Waals surface area (Å²) in [5.41, 5.74) is 25.6. The molecule has 8 aliphatic rings. The van der Waals surface area contributed by atoms with Gasteiger partial charge < -0.3 is 19.6 Å². The molecule has 0 N–H and O–H groups in total. The zero-order chi connectivity index (χ0) is 67.5. The Morgan fingerprint density at radius 1 is 0.240 bits per heavy atom. The number of benzene rings is 8. The van der Waals surface area contributed by atoms with Gasteiger partial charge in [-0.15, -0.1) is 0 Å². The molecular weight excluding hydrogens is 1220 g/mol. The van der Waals surface area contributed by atoms with Crippen molar-refractivity contribution in [2.24, 2.45) is 0 Å². The maximum Gasteiger partial charge on any atom is 0.0517 e. The topological polar surface area (TPSA) is 64.5 Å². The highest BCUT2D eigenvalue weighted by Crippen LogP contribution is 2.67. The quantitative estimate of drug-likeness (QED) is 0.139. The molecule has 8 nitrogen and oxygen atoms in total. The molecule has 100 heavy (non-hydrogen) atoms. The molecule has 0 spiro atoms. The van der Waals surface area contributed by atoms with E-state index >= 15 is 0 Å². The molecule has 498 valence electrons. The van der Waals surface area contributed by atoms with E-state index < -0.39 is 0 Å². The molecule has 0 bridgehead atoms. The standard InChI is InChI=1S/C92H90N8/c1-85-37-9-13-41-89(85,5)97(63-29-45-93-46-30-63)79-25-17-59(53-75(79)85)71-57-72(60-18-26-80-76(54-60)86(2)38-10-14-42-90(86,6)98(80)64-31-47-94-48-32-64)68-23-24-70-74(62-20-28-82-78(56-62)88(4)40-12-16-44-92(88,8)100(82)66-35-51-96-52-36-66)58-73(69-22-21-67(71)83(68)84(69)70)61-19-27-81-77(55-61)87(3)39-11-15-43-91(87,7)99(81)65-33-49-95-50-34-65/h17-36,45-58H,9-16,37-44H2,1-8H3. The van der Waals surface area contributed by atoms with Crippen molar-refractivity contribution in [1.29, 1.82) is 0 Å². The summed E-state index contributed by atoms with van der Waals surface area (Å²) in [4.78, 5) is 28.9. The minimum Gasteiger partial charge on any atom is -0.334 e. The third kappa shape index (κ3) is 7.73. The Morgan fingerprint density at radius 2 is 0.450 bits per heavy atom. The normalized spacial score (nSPS) is 28.6. The van der Waals surface area contributed by atoms with Crippen LogP contribution < -0.4 is 19.6 Å². The van der Waals surface area contributed by atoms with Crippen LogP contribution in [0.3, 0.4) is 0 Å². The van der Waals surface area contributed by atoms with Gasteiger partial charge in [-0.2, -0.15) is 0 Å². The highest BCUT2D eigenvalue weighted by molar-refractivity contribution is 6.32. The zero-order valence-corrected chi connectivity index (χ0v) is 59.5. The molecule has 4 aliphatic heterocycles. The molecule has 12 aromatic rings. The lowest BCUT2D eigenvalue weighted by molar-refractivity contribution is 0.195. The first-order valence-corrected chi connectivity index (χ1v) is 37.7. The number of hydrogen-bond donors (Lipinski definition) is 0. The summed E-state index contributed by atoms with van der Waals surface area (Å²) >= 11 is 0. The van der Waals surface area contributed by atoms with Gasteiger partial charge in [0.05, 0.1) is 22.2 Å². The number of aromatic nitrogens is 4. The van der Waals surface area contributed by atoms with Gasteiger partial charge >= 0.3 is 0 Å². The van der Waals surface area contributed by atoms with E-state index in [4.69, 9.17) is 0 Å². The smallest absolute Gasteiger partial charge is 0.0517 e. The number of fused-ring (bicyclic) bond motifs is 12. The maximum atomic E-state index is 4.53. The van der Waals surface area contributed by atoms with E-state index in [1.807, 2.05) is 49.6 Å². The Labute approximate surface area is 589 Å². The lowest BCUT2D eigenvalue weighted by Crippen LogP contribution is -2.54. The van der Waals surface area contributed by atoms with Gasteiger partial charge in [0, 0.05) is 117 Å². The van der Waals surface area contributed by atoms with Gasteiger partial charge in [-0.3, -0.25) is 19.9 Å². The summed E-state index contributed by atoms with van der Waals surface area (Å²) in [5, 5.41) is 7.91. The van der Waals surface area contributed by atoms with Crippen LogP contribution in [0, 0.1) is 0 Å². The Balaban J connectivity index is 0.874. The fourth-order valence-electron chi connectivity index (χ4n) is 23.1. The van der Waals surface area contributed by atoms with E-state index in [2.05, 4.69) is 253 Å². The van der Waals surface area contributed by atoms with Crippen LogP contribution in [0.2, 0.25) is 0 Å². The van der Waals surface area contributed by atoms with Crippen molar-refractivity contribution < 1.29 is 0 Å². The lowest BCUT2D eigenvalue weighted by Gasteiger charge is -2.50. The van der Waals surface area contributed by atoms with Crippen LogP contribution in [0.1, 0.15) is 180 Å². The van der Waals surface area contributed by atoms with Crippen LogP contribution in [0.25, 0.3) is 76.8 Å². The maximum absolute atomic E-state index is 4.53. The predicted octanol–water partition coefficient (Wildman–Crippen LogP) is 23.8. The van der Waals surface area contributed by atoms with Crippen molar-refractivity contribution in [1.82, 2.24) is 19.9 Å². The second-order valence-corrected chi connectivity index (χ2v) is 33.4. The summed E-state index contributed by atoms with van der Waals surface area (Å²) in [7, 11) is 0. The van der Waals surface area contributed by atoms with Crippen LogP contribution in [0.5, 0.6) is 0 Å². The molecule has 0 radical (unpaired) electrons. The number of hydrogen-bond acceptors (Lipinski definition) is 8. The van der Waals surface area contributed by atoms with Gasteiger partial charge in [-0.1, -0.05) is 128 Å². The van der Waals surface area contributed by atoms with E-state index in [-0.39, 0.29) is 43.8 Å². The van der Waals surface area contributed by atoms with E-state index in [1.54, 1.807) is 0 Å². The summed E-state index contributed by atoms with van der Waals surface area (Å²) in [6, 6.07) is 63.6. The minimum atomic E-state index is -0.101. The molecule has 4 saturated carbocycles. The lowest BCUT2D eigenvalue weighted by atomic mass is 9.61. The third-order valence-corrected chi connectivity index (χ3v) is 29.2. The largest absolute Gasteiger partial charge is 0.334 e. The number of anilines is 8. The fraction of sp³-hybridized carbons (Fsp3) is 0.348. The SMILES string of the molecule is CC12CCCCC1(C)N(c1ccncc1)c1ccc(-c3cc(-c4ccc5c(c4)C4(C)CCCCC4(C)N5c4ccncc4)c4ccc5c(-c6ccc7c(c6)C6(C)CCCCC6(C)N7c6ccncc6)cc(-c6ccc7c(c6)C6(C)CCCCC6(C)N7c6ccncc6)c6ccc3c4c65)cc12. The number of nitrogens with zero attached hydrogens (tertiary/aromatic N) is 8. The molecule has 8 heterocycles. The Hall–Kier alpha value is -9.40. The van der Waals surface area contributed by atoms with Crippen molar-refractivity contribution in [2.45, 2.75) is 202 Å². The molecule has 8 aromatic carbocycles. The minimum absolute atomic E-state index is 0.0757. The molecule has 4 aliphatic carbocycles. The van der Waals surface area contributed by atoms with Gasteiger partial charge in [0.25, 0.3) is 0 Å². The van der Waals surface area contributed by atoms with Crippen molar-refractivity contribution in [3.8, 4) is 44.5 Å². The number of rotatable bonds is 8. The van der Waals surface area contributed by atoms with E-state index in [0.717, 1.165) is 51.4 Å².